The van der Waals surface area contributed by atoms with Crippen molar-refractivity contribution in [3.8, 4) is 0 Å². The van der Waals surface area contributed by atoms with Crippen LogP contribution in [0.15, 0.2) is 24.3 Å². The SMILES string of the molecule is Cc1ccccc1N1CCC(C(=O)CCC(=O)NO)CC1. The van der Waals surface area contributed by atoms with Gasteiger partial charge in [0.2, 0.25) is 5.91 Å². The molecule has 2 rings (SSSR count). The van der Waals surface area contributed by atoms with Gasteiger partial charge in [-0.2, -0.15) is 0 Å². The molecule has 0 saturated carbocycles. The molecule has 1 fully saturated rings. The smallest absolute Gasteiger partial charge is 0.243 e. The van der Waals surface area contributed by atoms with Crippen LogP contribution in [0.25, 0.3) is 0 Å². The first-order valence-corrected chi connectivity index (χ1v) is 7.38. The summed E-state index contributed by atoms with van der Waals surface area (Å²) in [5.41, 5.74) is 4.05. The number of hydrogen-bond donors (Lipinski definition) is 2. The average molecular weight is 290 g/mol. The van der Waals surface area contributed by atoms with Gasteiger partial charge in [0.25, 0.3) is 0 Å². The van der Waals surface area contributed by atoms with Crippen molar-refractivity contribution in [3.05, 3.63) is 29.8 Å². The summed E-state index contributed by atoms with van der Waals surface area (Å²) < 4.78 is 0. The number of aryl methyl sites for hydroxylation is 1. The van der Waals surface area contributed by atoms with Gasteiger partial charge in [-0.15, -0.1) is 0 Å². The summed E-state index contributed by atoms with van der Waals surface area (Å²) in [4.78, 5) is 25.3. The molecule has 1 saturated heterocycles. The number of amides is 1. The number of rotatable bonds is 5. The van der Waals surface area contributed by atoms with Gasteiger partial charge in [-0.25, -0.2) is 5.48 Å². The van der Waals surface area contributed by atoms with E-state index >= 15 is 0 Å². The Labute approximate surface area is 124 Å². The van der Waals surface area contributed by atoms with Crippen LogP contribution >= 0.6 is 0 Å². The molecule has 114 valence electrons. The van der Waals surface area contributed by atoms with Crippen molar-refractivity contribution >= 4 is 17.4 Å². The highest BCUT2D eigenvalue weighted by Crippen LogP contribution is 2.26. The minimum atomic E-state index is -0.499. The first-order chi connectivity index (χ1) is 10.1. The molecular weight excluding hydrogens is 268 g/mol. The number of nitrogens with one attached hydrogen (secondary N) is 1. The molecule has 5 nitrogen and oxygen atoms in total. The summed E-state index contributed by atoms with van der Waals surface area (Å²) in [6.07, 6.45) is 1.93. The number of Topliss-reactive ketones (excluding diaryl/α,β-unsaturated/α-hetero) is 1. The van der Waals surface area contributed by atoms with E-state index in [0.717, 1.165) is 25.9 Å². The fraction of sp³-hybridized carbons (Fsp3) is 0.500. The van der Waals surface area contributed by atoms with E-state index in [9.17, 15) is 9.59 Å². The number of para-hydroxylation sites is 1. The third kappa shape index (κ3) is 4.04. The van der Waals surface area contributed by atoms with E-state index in [2.05, 4.69) is 24.0 Å². The minimum absolute atomic E-state index is 0.0387. The van der Waals surface area contributed by atoms with Crippen LogP contribution in [0.2, 0.25) is 0 Å². The molecule has 0 aliphatic carbocycles. The molecule has 0 spiro atoms. The number of anilines is 1. The summed E-state index contributed by atoms with van der Waals surface area (Å²) in [5, 5.41) is 8.43. The summed E-state index contributed by atoms with van der Waals surface area (Å²) in [6.45, 7) is 3.83. The molecule has 0 radical (unpaired) electrons. The summed E-state index contributed by atoms with van der Waals surface area (Å²) >= 11 is 0. The summed E-state index contributed by atoms with van der Waals surface area (Å²) in [5.74, 6) is -0.333. The number of carbonyl (C=O) groups excluding carboxylic acids is 2. The van der Waals surface area contributed by atoms with Crippen LogP contribution in [0, 0.1) is 12.8 Å². The highest BCUT2D eigenvalue weighted by Gasteiger charge is 2.25. The number of benzene rings is 1. The summed E-state index contributed by atoms with van der Waals surface area (Å²) in [6, 6.07) is 8.28. The van der Waals surface area contributed by atoms with Gasteiger partial charge < -0.3 is 4.90 Å². The lowest BCUT2D eigenvalue weighted by Gasteiger charge is -2.34. The second-order valence-electron chi connectivity index (χ2n) is 5.55. The maximum Gasteiger partial charge on any atom is 0.243 e. The Bertz CT molecular complexity index is 508. The van der Waals surface area contributed by atoms with E-state index in [1.54, 1.807) is 5.48 Å². The molecule has 1 aromatic carbocycles. The topological polar surface area (TPSA) is 69.6 Å². The quantitative estimate of drug-likeness (QED) is 0.643. The van der Waals surface area contributed by atoms with E-state index < -0.39 is 5.91 Å². The summed E-state index contributed by atoms with van der Waals surface area (Å²) in [7, 11) is 0. The van der Waals surface area contributed by atoms with Crippen molar-refractivity contribution in [2.24, 2.45) is 5.92 Å². The maximum atomic E-state index is 12.0. The number of nitrogens with zero attached hydrogens (tertiary/aromatic N) is 1. The van der Waals surface area contributed by atoms with Gasteiger partial charge in [0, 0.05) is 37.5 Å². The predicted octanol–water partition coefficient (Wildman–Crippen LogP) is 2.07. The Morgan fingerprint density at radius 1 is 1.24 bits per heavy atom. The van der Waals surface area contributed by atoms with Crippen molar-refractivity contribution in [1.82, 2.24) is 5.48 Å². The van der Waals surface area contributed by atoms with Crippen LogP contribution in [-0.4, -0.2) is 30.0 Å². The van der Waals surface area contributed by atoms with E-state index in [1.165, 1.54) is 11.3 Å². The fourth-order valence-corrected chi connectivity index (χ4v) is 2.86. The molecule has 0 aromatic heterocycles. The fourth-order valence-electron chi connectivity index (χ4n) is 2.86. The zero-order valence-electron chi connectivity index (χ0n) is 12.3. The number of hydroxylamine groups is 1. The lowest BCUT2D eigenvalue weighted by Crippen LogP contribution is -2.37. The van der Waals surface area contributed by atoms with Crippen molar-refractivity contribution in [3.63, 3.8) is 0 Å². The molecule has 0 unspecified atom stereocenters. The van der Waals surface area contributed by atoms with E-state index in [-0.39, 0.29) is 24.5 Å². The molecule has 0 bridgehead atoms. The second-order valence-corrected chi connectivity index (χ2v) is 5.55. The van der Waals surface area contributed by atoms with Crippen LogP contribution < -0.4 is 10.4 Å². The molecule has 0 atom stereocenters. The van der Waals surface area contributed by atoms with Crippen molar-refractivity contribution in [1.29, 1.82) is 0 Å². The third-order valence-electron chi connectivity index (χ3n) is 4.13. The maximum absolute atomic E-state index is 12.0. The largest absolute Gasteiger partial charge is 0.371 e. The van der Waals surface area contributed by atoms with Gasteiger partial charge in [-0.3, -0.25) is 14.8 Å². The number of ketones is 1. The van der Waals surface area contributed by atoms with Crippen LogP contribution in [0.3, 0.4) is 0 Å². The average Bonchev–Trinajstić information content (AvgIpc) is 2.53. The van der Waals surface area contributed by atoms with Crippen LogP contribution in [0.1, 0.15) is 31.2 Å². The van der Waals surface area contributed by atoms with Crippen molar-refractivity contribution in [2.75, 3.05) is 18.0 Å². The van der Waals surface area contributed by atoms with Gasteiger partial charge in [0.1, 0.15) is 5.78 Å². The third-order valence-corrected chi connectivity index (χ3v) is 4.13. The molecule has 2 N–H and O–H groups in total. The normalized spacial score (nSPS) is 15.8. The number of carbonyl (C=O) groups is 2. The van der Waals surface area contributed by atoms with Gasteiger partial charge in [-0.05, 0) is 31.4 Å². The van der Waals surface area contributed by atoms with Crippen LogP contribution in [0.5, 0.6) is 0 Å². The predicted molar refractivity (Wildman–Crippen MR) is 80.3 cm³/mol. The monoisotopic (exact) mass is 290 g/mol. The number of hydrogen-bond acceptors (Lipinski definition) is 4. The minimum Gasteiger partial charge on any atom is -0.371 e. The Kier molecular flexibility index (Phi) is 5.33. The Morgan fingerprint density at radius 3 is 2.52 bits per heavy atom. The standard InChI is InChI=1S/C16H22N2O3/c1-12-4-2-3-5-14(12)18-10-8-13(9-11-18)15(19)6-7-16(20)17-21/h2-5,13,21H,6-11H2,1H3,(H,17,20). The molecule has 1 aliphatic rings. The first kappa shape index (κ1) is 15.5. The lowest BCUT2D eigenvalue weighted by molar-refractivity contribution is -0.132. The Morgan fingerprint density at radius 2 is 1.90 bits per heavy atom. The number of piperidine rings is 1. The van der Waals surface area contributed by atoms with E-state index in [4.69, 9.17) is 5.21 Å². The van der Waals surface area contributed by atoms with Gasteiger partial charge in [-0.1, -0.05) is 18.2 Å². The molecule has 1 amide bonds. The van der Waals surface area contributed by atoms with Crippen molar-refractivity contribution < 1.29 is 14.8 Å². The highest BCUT2D eigenvalue weighted by molar-refractivity contribution is 5.86. The van der Waals surface area contributed by atoms with E-state index in [0.29, 0.717) is 0 Å². The lowest BCUT2D eigenvalue weighted by atomic mass is 9.90. The molecule has 1 heterocycles. The van der Waals surface area contributed by atoms with Gasteiger partial charge in [0.05, 0.1) is 0 Å². The molecule has 1 aliphatic heterocycles. The highest BCUT2D eigenvalue weighted by atomic mass is 16.5. The van der Waals surface area contributed by atoms with E-state index in [1.807, 2.05) is 12.1 Å². The Balaban J connectivity index is 1.84. The van der Waals surface area contributed by atoms with Gasteiger partial charge in [0.15, 0.2) is 0 Å². The van der Waals surface area contributed by atoms with Crippen LogP contribution in [0.4, 0.5) is 5.69 Å². The first-order valence-electron chi connectivity index (χ1n) is 7.38. The second kappa shape index (κ2) is 7.22. The molecular formula is C16H22N2O3. The molecule has 1 aromatic rings. The Hall–Kier alpha value is -1.88. The molecule has 21 heavy (non-hydrogen) atoms. The zero-order chi connectivity index (χ0) is 15.2. The van der Waals surface area contributed by atoms with Gasteiger partial charge >= 0.3 is 0 Å². The molecule has 5 heteroatoms. The van der Waals surface area contributed by atoms with Crippen molar-refractivity contribution in [2.45, 2.75) is 32.6 Å². The zero-order valence-corrected chi connectivity index (χ0v) is 12.3. The van der Waals surface area contributed by atoms with Crippen LogP contribution in [-0.2, 0) is 9.59 Å².